The molecule has 8 rings (SSSR count). The predicted octanol–water partition coefficient (Wildman–Crippen LogP) is 7.82. The van der Waals surface area contributed by atoms with E-state index in [2.05, 4.69) is 31.3 Å². The number of carboxylic acids is 1. The molecule has 4 N–H and O–H groups in total. The van der Waals surface area contributed by atoms with Crippen LogP contribution in [0.2, 0.25) is 0 Å². The summed E-state index contributed by atoms with van der Waals surface area (Å²) in [6, 6.07) is 22.8. The van der Waals surface area contributed by atoms with Crippen LogP contribution in [0.15, 0.2) is 94.9 Å². The molecule has 1 aliphatic rings. The van der Waals surface area contributed by atoms with Crippen LogP contribution in [0.3, 0.4) is 0 Å². The van der Waals surface area contributed by atoms with Crippen molar-refractivity contribution in [1.29, 1.82) is 5.26 Å². The van der Waals surface area contributed by atoms with E-state index in [9.17, 15) is 28.4 Å². The summed E-state index contributed by atoms with van der Waals surface area (Å²) in [6.45, 7) is 7.54. The summed E-state index contributed by atoms with van der Waals surface area (Å²) in [5.41, 5.74) is 7.44. The van der Waals surface area contributed by atoms with Crippen LogP contribution >= 0.6 is 11.3 Å². The maximum Gasteiger partial charge on any atom is 0.306 e. The largest absolute Gasteiger partial charge is 0.481 e. The van der Waals surface area contributed by atoms with Crippen molar-refractivity contribution >= 4 is 55.5 Å². The van der Waals surface area contributed by atoms with Gasteiger partial charge in [-0.15, -0.1) is 21.5 Å². The zero-order valence-corrected chi connectivity index (χ0v) is 33.7. The molecule has 0 spiro atoms. The number of aromatic amines is 1. The second-order valence-corrected chi connectivity index (χ2v) is 17.1. The van der Waals surface area contributed by atoms with Gasteiger partial charge < -0.3 is 15.4 Å². The lowest BCUT2D eigenvalue weighted by Gasteiger charge is -2.12. The lowest BCUT2D eigenvalue weighted by Crippen LogP contribution is -2.23. The zero-order chi connectivity index (χ0) is 41.7. The monoisotopic (exact) mass is 826 g/mol. The van der Waals surface area contributed by atoms with Crippen molar-refractivity contribution in [2.24, 2.45) is 4.99 Å². The van der Waals surface area contributed by atoms with E-state index in [1.807, 2.05) is 56.5 Å². The summed E-state index contributed by atoms with van der Waals surface area (Å²) >= 11 is 1.59. The van der Waals surface area contributed by atoms with Crippen molar-refractivity contribution < 1.29 is 27.5 Å². The number of benzene rings is 4. The Bertz CT molecular complexity index is 3030. The lowest BCUT2D eigenvalue weighted by molar-refractivity contribution is -0.137. The first kappa shape index (κ1) is 38.9. The molecule has 3 aromatic heterocycles. The number of H-pyrrole nitrogens is 1. The fourth-order valence-electron chi connectivity index (χ4n) is 7.24. The number of anilines is 1. The lowest BCUT2D eigenvalue weighted by atomic mass is 9.96. The number of rotatable bonds is 10. The van der Waals surface area contributed by atoms with Gasteiger partial charge in [0.15, 0.2) is 5.82 Å². The fraction of sp³-hybridized carbons (Fsp3) is 0.163. The Labute approximate surface area is 342 Å². The van der Waals surface area contributed by atoms with Gasteiger partial charge in [-0.1, -0.05) is 48.5 Å². The van der Waals surface area contributed by atoms with Crippen molar-refractivity contribution in [2.45, 2.75) is 51.6 Å². The molecule has 1 atom stereocenters. The molecule has 7 aromatic rings. The number of nitrogens with one attached hydrogen (secondary N) is 3. The molecule has 4 aromatic carbocycles. The minimum atomic E-state index is -4.20. The Morgan fingerprint density at radius 2 is 1.66 bits per heavy atom. The average Bonchev–Trinajstić information content (AvgIpc) is 3.89. The molecule has 59 heavy (non-hydrogen) atoms. The molecule has 0 unspecified atom stereocenters. The number of fused-ring (bicyclic) bond motifs is 4. The summed E-state index contributed by atoms with van der Waals surface area (Å²) in [7, 11) is -4.20. The first-order chi connectivity index (χ1) is 28.2. The second-order valence-electron chi connectivity index (χ2n) is 14.2. The molecule has 0 radical (unpaired) electrons. The number of hydrogen-bond acceptors (Lipinski definition) is 9. The van der Waals surface area contributed by atoms with Crippen LogP contribution in [-0.2, 0) is 21.4 Å². The summed E-state index contributed by atoms with van der Waals surface area (Å²) in [5, 5.41) is 31.9. The van der Waals surface area contributed by atoms with Crippen LogP contribution in [0, 0.1) is 44.8 Å². The number of nitrogens with zero attached hydrogens (tertiary/aromatic N) is 5. The number of thiophene rings is 1. The van der Waals surface area contributed by atoms with Gasteiger partial charge in [-0.05, 0) is 80.3 Å². The number of nitriles is 1. The quantitative estimate of drug-likeness (QED) is 0.107. The van der Waals surface area contributed by atoms with Crippen molar-refractivity contribution in [3.8, 4) is 22.2 Å². The van der Waals surface area contributed by atoms with Crippen LogP contribution in [0.1, 0.15) is 72.7 Å². The highest BCUT2D eigenvalue weighted by atomic mass is 32.2. The van der Waals surface area contributed by atoms with Crippen molar-refractivity contribution in [3.63, 3.8) is 0 Å². The van der Waals surface area contributed by atoms with Gasteiger partial charge in [-0.3, -0.25) is 23.9 Å². The van der Waals surface area contributed by atoms with Crippen LogP contribution in [0.25, 0.3) is 27.0 Å². The van der Waals surface area contributed by atoms with Crippen LogP contribution < -0.4 is 10.0 Å². The van der Waals surface area contributed by atoms with E-state index >= 15 is 4.39 Å². The third-order valence-corrected chi connectivity index (χ3v) is 13.0. The molecule has 4 heterocycles. The molecule has 1 aliphatic heterocycles. The number of halogens is 1. The molecule has 0 saturated heterocycles. The van der Waals surface area contributed by atoms with Gasteiger partial charge in [0.25, 0.3) is 15.9 Å². The summed E-state index contributed by atoms with van der Waals surface area (Å²) in [4.78, 5) is 33.7. The summed E-state index contributed by atoms with van der Waals surface area (Å²) in [6.07, 6.45) is 1.26. The van der Waals surface area contributed by atoms with E-state index in [1.54, 1.807) is 47.7 Å². The third-order valence-electron chi connectivity index (χ3n) is 10.4. The maximum absolute atomic E-state index is 15.2. The predicted molar refractivity (Wildman–Crippen MR) is 222 cm³/mol. The standard InChI is InChI=1S/C43H35FN8O5S2/c1-22-5-16-34(40-37(22)31(19-45)21-46-40)51-59(56,57)32-15-14-30(33(44)17-32)20-47-42(55)29-12-8-27(9-13-29)26-6-10-28(11-7-26)39-38-23(2)24(3)58-43(38)52-25(4)49-50-41(52)35(48-39)18-36(53)54/h5-17,21,35,46,51H,18,20H2,1-4H3,(H,47,55)(H,53,54)/t35-/m0/s1. The highest BCUT2D eigenvalue weighted by molar-refractivity contribution is 7.92. The number of aliphatic carboxylic acids is 1. The van der Waals surface area contributed by atoms with Crippen molar-refractivity contribution in [1.82, 2.24) is 25.1 Å². The van der Waals surface area contributed by atoms with Crippen molar-refractivity contribution in [3.05, 3.63) is 146 Å². The van der Waals surface area contributed by atoms with Gasteiger partial charge in [-0.25, -0.2) is 12.8 Å². The van der Waals surface area contributed by atoms with E-state index in [1.165, 1.54) is 18.3 Å². The Morgan fingerprint density at radius 3 is 2.34 bits per heavy atom. The Balaban J connectivity index is 0.956. The van der Waals surface area contributed by atoms with Crippen LogP contribution in [-0.4, -0.2) is 50.9 Å². The Morgan fingerprint density at radius 1 is 0.966 bits per heavy atom. The molecule has 13 nitrogen and oxygen atoms in total. The van der Waals surface area contributed by atoms with Gasteiger partial charge in [0.05, 0.1) is 33.8 Å². The van der Waals surface area contributed by atoms with Gasteiger partial charge in [0.1, 0.15) is 28.8 Å². The number of carbonyl (C=O) groups is 2. The first-order valence-corrected chi connectivity index (χ1v) is 20.7. The highest BCUT2D eigenvalue weighted by Crippen LogP contribution is 2.40. The smallest absolute Gasteiger partial charge is 0.306 e. The SMILES string of the molecule is Cc1sc2c(c1C)C(c1ccc(-c3ccc(C(=O)NCc4ccc(S(=O)(=O)Nc5ccc(C)c6c(C#N)c[nH]c56)cc4F)cc3)cc1)=N[C@@H](CC(=O)O)c1nnc(C)n1-2. The fourth-order valence-corrected chi connectivity index (χ4v) is 9.54. The van der Waals surface area contributed by atoms with Gasteiger partial charge in [-0.2, -0.15) is 5.26 Å². The van der Waals surface area contributed by atoms with Crippen molar-refractivity contribution in [2.75, 3.05) is 4.72 Å². The van der Waals surface area contributed by atoms with E-state index in [4.69, 9.17) is 4.99 Å². The number of sulfonamides is 1. The van der Waals surface area contributed by atoms with Crippen LogP contribution in [0.4, 0.5) is 10.1 Å². The molecule has 1 amide bonds. The molecule has 0 fully saturated rings. The van der Waals surface area contributed by atoms with E-state index in [0.717, 1.165) is 49.3 Å². The minimum Gasteiger partial charge on any atom is -0.481 e. The van der Waals surface area contributed by atoms with Gasteiger partial charge >= 0.3 is 5.97 Å². The number of hydrogen-bond donors (Lipinski definition) is 4. The Hall–Kier alpha value is -6.96. The van der Waals surface area contributed by atoms with E-state index in [0.29, 0.717) is 39.4 Å². The number of aliphatic imine (C=N–C) groups is 1. The molecular weight excluding hydrogens is 792 g/mol. The molecule has 296 valence electrons. The number of carboxylic acid groups (broad SMARTS) is 1. The van der Waals surface area contributed by atoms with E-state index < -0.39 is 33.8 Å². The topological polar surface area (TPSA) is 195 Å². The maximum atomic E-state index is 15.2. The van der Waals surface area contributed by atoms with Gasteiger partial charge in [0, 0.05) is 45.3 Å². The average molecular weight is 827 g/mol. The summed E-state index contributed by atoms with van der Waals surface area (Å²) < 4.78 is 46.1. The van der Waals surface area contributed by atoms with Gasteiger partial charge in [0.2, 0.25) is 0 Å². The third kappa shape index (κ3) is 7.15. The normalized spacial score (nSPS) is 13.6. The molecule has 0 aliphatic carbocycles. The minimum absolute atomic E-state index is 0.0962. The Kier molecular flexibility index (Phi) is 9.95. The van der Waals surface area contributed by atoms with Crippen LogP contribution in [0.5, 0.6) is 0 Å². The molecule has 0 saturated carbocycles. The zero-order valence-electron chi connectivity index (χ0n) is 32.1. The molecule has 16 heteroatoms. The number of aromatic nitrogens is 4. The molecule has 0 bridgehead atoms. The van der Waals surface area contributed by atoms with E-state index in [-0.39, 0.29) is 29.1 Å². The second kappa shape index (κ2) is 15.1. The number of amides is 1. The first-order valence-electron chi connectivity index (χ1n) is 18.4. The summed E-state index contributed by atoms with van der Waals surface area (Å²) in [5.74, 6) is -1.10. The number of carbonyl (C=O) groups excluding carboxylic acids is 1. The molecular formula is C43H35FN8O5S2. The number of aryl methyl sites for hydroxylation is 3. The highest BCUT2D eigenvalue weighted by Gasteiger charge is 2.32.